The number of hydrogen-bond donors (Lipinski definition) is 2. The van der Waals surface area contributed by atoms with Crippen LogP contribution in [0.4, 0.5) is 18.9 Å². The number of alkyl halides is 3. The maximum absolute atomic E-state index is 13.0. The molecule has 0 aliphatic heterocycles. The first kappa shape index (κ1) is 23.5. The van der Waals surface area contributed by atoms with Gasteiger partial charge in [0.1, 0.15) is 22.8 Å². The van der Waals surface area contributed by atoms with Gasteiger partial charge in [-0.3, -0.25) is 9.67 Å². The van der Waals surface area contributed by atoms with Crippen LogP contribution in [0.15, 0.2) is 72.4 Å². The second-order valence-electron chi connectivity index (χ2n) is 7.58. The summed E-state index contributed by atoms with van der Waals surface area (Å²) in [7, 11) is 1.79. The van der Waals surface area contributed by atoms with Crippen molar-refractivity contribution < 1.29 is 13.2 Å². The minimum atomic E-state index is -4.51. The number of nitrogens with two attached hydrogens (primary N) is 1. The lowest BCUT2D eigenvalue weighted by Crippen LogP contribution is -2.07. The number of pyridine rings is 1. The van der Waals surface area contributed by atoms with Gasteiger partial charge in [0.05, 0.1) is 18.6 Å². The van der Waals surface area contributed by atoms with Crippen LogP contribution >= 0.6 is 0 Å². The Labute approximate surface area is 199 Å². The second kappa shape index (κ2) is 9.69. The third kappa shape index (κ3) is 5.65. The number of allylic oxidation sites excluding steroid dienone is 1. The molecule has 35 heavy (non-hydrogen) atoms. The van der Waals surface area contributed by atoms with Crippen LogP contribution in [-0.2, 0) is 13.2 Å². The molecule has 0 unspecified atom stereocenters. The lowest BCUT2D eigenvalue weighted by Gasteiger charge is -2.09. The van der Waals surface area contributed by atoms with Crippen molar-refractivity contribution in [3.63, 3.8) is 0 Å². The number of aromatic nitrogens is 5. The minimum absolute atomic E-state index is 0.407. The van der Waals surface area contributed by atoms with E-state index in [2.05, 4.69) is 36.9 Å². The topological polar surface area (TPSA) is 97.8 Å². The molecule has 0 amide bonds. The van der Waals surface area contributed by atoms with Crippen molar-refractivity contribution in [2.75, 3.05) is 0 Å². The van der Waals surface area contributed by atoms with Crippen molar-refractivity contribution >= 4 is 11.4 Å². The Morgan fingerprint density at radius 3 is 2.63 bits per heavy atom. The van der Waals surface area contributed by atoms with E-state index in [1.54, 1.807) is 48.5 Å². The molecule has 4 aromatic rings. The highest BCUT2D eigenvalue weighted by Crippen LogP contribution is 2.31. The molecule has 4 rings (SSSR count). The van der Waals surface area contributed by atoms with Crippen LogP contribution < -0.4 is 5.73 Å². The van der Waals surface area contributed by atoms with Gasteiger partial charge in [-0.05, 0) is 60.0 Å². The van der Waals surface area contributed by atoms with Crippen LogP contribution in [0, 0.1) is 18.8 Å². The van der Waals surface area contributed by atoms with Crippen molar-refractivity contribution in [2.24, 2.45) is 17.8 Å². The molecule has 0 saturated carbocycles. The molecule has 0 bridgehead atoms. The Hall–Kier alpha value is -4.65. The van der Waals surface area contributed by atoms with E-state index < -0.39 is 11.9 Å². The summed E-state index contributed by atoms with van der Waals surface area (Å²) in [6.07, 6.45) is 4.55. The molecule has 1 aromatic carbocycles. The first-order chi connectivity index (χ1) is 16.7. The van der Waals surface area contributed by atoms with Crippen LogP contribution in [-0.4, -0.2) is 30.4 Å². The number of hydrogen-bond acceptors (Lipinski definition) is 5. The van der Waals surface area contributed by atoms with Crippen LogP contribution in [0.1, 0.15) is 28.3 Å². The fraction of sp³-hybridized carbons (Fsp3) is 0.120. The zero-order valence-corrected chi connectivity index (χ0v) is 18.8. The molecule has 0 spiro atoms. The standard InChI is InChI=1S/C25H20F3N7/c1-16-3-4-18(19-8-10-30-23(12-19)25(26,27)28)11-17(16)5-6-20-13-31-24(34-20)22(7-9-29)33-21-14-32-35(2)15-21/h3-4,7-15H,29H2,1-2H3,(H,31,34). The van der Waals surface area contributed by atoms with E-state index in [4.69, 9.17) is 5.73 Å². The van der Waals surface area contributed by atoms with Gasteiger partial charge in [0.15, 0.2) is 5.82 Å². The lowest BCUT2D eigenvalue weighted by atomic mass is 10.00. The molecule has 0 saturated heterocycles. The number of aliphatic imine (C=N–C) groups is 1. The van der Waals surface area contributed by atoms with E-state index in [-0.39, 0.29) is 0 Å². The quantitative estimate of drug-likeness (QED) is 0.335. The van der Waals surface area contributed by atoms with E-state index in [9.17, 15) is 13.2 Å². The van der Waals surface area contributed by atoms with E-state index in [1.165, 1.54) is 12.3 Å². The Morgan fingerprint density at radius 2 is 1.91 bits per heavy atom. The molecule has 176 valence electrons. The molecule has 3 N–H and O–H groups in total. The number of aromatic amines is 1. The first-order valence-electron chi connectivity index (χ1n) is 10.4. The summed E-state index contributed by atoms with van der Waals surface area (Å²) in [6, 6.07) is 7.88. The molecule has 3 aromatic heterocycles. The summed E-state index contributed by atoms with van der Waals surface area (Å²) < 4.78 is 40.8. The van der Waals surface area contributed by atoms with Crippen LogP contribution in [0.5, 0.6) is 0 Å². The Balaban J connectivity index is 1.63. The average Bonchev–Trinajstić information content (AvgIpc) is 3.46. The van der Waals surface area contributed by atoms with Gasteiger partial charge in [-0.1, -0.05) is 18.1 Å². The number of H-pyrrole nitrogens is 1. The number of rotatable bonds is 4. The highest BCUT2D eigenvalue weighted by Gasteiger charge is 2.32. The van der Waals surface area contributed by atoms with Crippen molar-refractivity contribution in [3.8, 4) is 23.0 Å². The van der Waals surface area contributed by atoms with Gasteiger partial charge in [0.2, 0.25) is 0 Å². The predicted octanol–water partition coefficient (Wildman–Crippen LogP) is 4.53. The van der Waals surface area contributed by atoms with E-state index in [0.29, 0.717) is 39.6 Å². The molecule has 0 aliphatic carbocycles. The van der Waals surface area contributed by atoms with E-state index in [0.717, 1.165) is 17.8 Å². The third-order valence-corrected chi connectivity index (χ3v) is 4.97. The molecule has 10 heteroatoms. The van der Waals surface area contributed by atoms with E-state index >= 15 is 0 Å². The zero-order chi connectivity index (χ0) is 25.0. The average molecular weight is 475 g/mol. The summed E-state index contributed by atoms with van der Waals surface area (Å²) in [5, 5.41) is 4.09. The fourth-order valence-corrected chi connectivity index (χ4v) is 3.22. The van der Waals surface area contributed by atoms with Gasteiger partial charge < -0.3 is 10.7 Å². The maximum atomic E-state index is 13.0. The van der Waals surface area contributed by atoms with Gasteiger partial charge in [0.25, 0.3) is 0 Å². The monoisotopic (exact) mass is 475 g/mol. The number of nitrogens with zero attached hydrogens (tertiary/aromatic N) is 5. The van der Waals surface area contributed by atoms with Gasteiger partial charge >= 0.3 is 6.18 Å². The van der Waals surface area contributed by atoms with Gasteiger partial charge in [-0.15, -0.1) is 0 Å². The maximum Gasteiger partial charge on any atom is 0.433 e. The predicted molar refractivity (Wildman–Crippen MR) is 127 cm³/mol. The lowest BCUT2D eigenvalue weighted by molar-refractivity contribution is -0.141. The summed E-state index contributed by atoms with van der Waals surface area (Å²) in [4.78, 5) is 15.3. The number of nitrogens with one attached hydrogen (secondary N) is 1. The summed E-state index contributed by atoms with van der Waals surface area (Å²) in [5.41, 5.74) is 8.88. The van der Waals surface area contributed by atoms with Gasteiger partial charge in [-0.25, -0.2) is 9.98 Å². The third-order valence-electron chi connectivity index (χ3n) is 4.97. The van der Waals surface area contributed by atoms with Gasteiger partial charge in [-0.2, -0.15) is 18.3 Å². The Bertz CT molecular complexity index is 1480. The van der Waals surface area contributed by atoms with Crippen LogP contribution in [0.2, 0.25) is 0 Å². The van der Waals surface area contributed by atoms with Crippen LogP contribution in [0.3, 0.4) is 0 Å². The number of imidazole rings is 1. The van der Waals surface area contributed by atoms with Crippen LogP contribution in [0.25, 0.3) is 11.1 Å². The molecule has 0 aliphatic rings. The summed E-state index contributed by atoms with van der Waals surface area (Å²) in [5.74, 6) is 6.55. The van der Waals surface area contributed by atoms with Crippen molar-refractivity contribution in [1.82, 2.24) is 24.7 Å². The molecule has 7 nitrogen and oxygen atoms in total. The molecule has 3 heterocycles. The molecular formula is C25H20F3N7. The number of halogens is 3. The zero-order valence-electron chi connectivity index (χ0n) is 18.8. The van der Waals surface area contributed by atoms with E-state index in [1.807, 2.05) is 13.0 Å². The normalized spacial score (nSPS) is 12.1. The molecule has 0 atom stereocenters. The number of aryl methyl sites for hydroxylation is 2. The largest absolute Gasteiger partial charge is 0.433 e. The highest BCUT2D eigenvalue weighted by atomic mass is 19.4. The van der Waals surface area contributed by atoms with Crippen molar-refractivity contribution in [2.45, 2.75) is 13.1 Å². The highest BCUT2D eigenvalue weighted by molar-refractivity contribution is 6.07. The summed E-state index contributed by atoms with van der Waals surface area (Å²) >= 11 is 0. The molecule has 0 radical (unpaired) electrons. The van der Waals surface area contributed by atoms with Crippen molar-refractivity contribution in [3.05, 3.63) is 95.7 Å². The second-order valence-corrected chi connectivity index (χ2v) is 7.58. The fourth-order valence-electron chi connectivity index (χ4n) is 3.22. The Morgan fingerprint density at radius 1 is 1.11 bits per heavy atom. The minimum Gasteiger partial charge on any atom is -0.405 e. The van der Waals surface area contributed by atoms with Gasteiger partial charge in [0, 0.05) is 18.8 Å². The molecule has 0 fully saturated rings. The smallest absolute Gasteiger partial charge is 0.405 e. The number of benzene rings is 1. The summed E-state index contributed by atoms with van der Waals surface area (Å²) in [6.45, 7) is 1.88. The SMILES string of the molecule is Cc1ccc(-c2ccnc(C(F)(F)F)c2)cc1C#Cc1cnc(C(C=CN)=Nc2cnn(C)c2)[nH]1. The molecular weight excluding hydrogens is 455 g/mol. The Kier molecular flexibility index (Phi) is 6.51. The first-order valence-corrected chi connectivity index (χ1v) is 10.4. The van der Waals surface area contributed by atoms with Crippen molar-refractivity contribution in [1.29, 1.82) is 0 Å².